The van der Waals surface area contributed by atoms with Crippen LogP contribution in [-0.2, 0) is 0 Å². The van der Waals surface area contributed by atoms with E-state index in [1.807, 2.05) is 0 Å². The quantitative estimate of drug-likeness (QED) is 0.473. The van der Waals surface area contributed by atoms with E-state index < -0.39 is 4.92 Å². The third-order valence-electron chi connectivity index (χ3n) is 3.52. The van der Waals surface area contributed by atoms with Crippen LogP contribution in [0.5, 0.6) is 0 Å². The van der Waals surface area contributed by atoms with Crippen molar-refractivity contribution < 1.29 is 10.0 Å². The van der Waals surface area contributed by atoms with Gasteiger partial charge in [-0.2, -0.15) is 0 Å². The minimum Gasteiger partial charge on any atom is -0.396 e. The van der Waals surface area contributed by atoms with E-state index in [0.717, 1.165) is 51.4 Å². The number of anilines is 1. The molecule has 0 bridgehead atoms. The van der Waals surface area contributed by atoms with Crippen molar-refractivity contribution in [2.24, 2.45) is 0 Å². The lowest BCUT2D eigenvalue weighted by atomic mass is 10.2. The Hall–Kier alpha value is -1.73. The van der Waals surface area contributed by atoms with E-state index in [9.17, 15) is 10.1 Å². The van der Waals surface area contributed by atoms with Crippen LogP contribution < -0.4 is 4.90 Å². The SMILES string of the molecule is O=[N+]([O-])c1ccc(N2CCN(CCCCO)CC2)nc1. The Labute approximate surface area is 118 Å². The van der Waals surface area contributed by atoms with Gasteiger partial charge in [-0.1, -0.05) is 0 Å². The molecule has 20 heavy (non-hydrogen) atoms. The van der Waals surface area contributed by atoms with Gasteiger partial charge in [0.15, 0.2) is 0 Å². The van der Waals surface area contributed by atoms with Crippen LogP contribution in [0.4, 0.5) is 11.5 Å². The van der Waals surface area contributed by atoms with Crippen LogP contribution in [0.1, 0.15) is 12.8 Å². The monoisotopic (exact) mass is 280 g/mol. The van der Waals surface area contributed by atoms with E-state index in [2.05, 4.69) is 14.8 Å². The van der Waals surface area contributed by atoms with Crippen molar-refractivity contribution in [1.29, 1.82) is 0 Å². The highest BCUT2D eigenvalue weighted by Gasteiger charge is 2.18. The molecule has 0 aromatic carbocycles. The van der Waals surface area contributed by atoms with E-state index in [4.69, 9.17) is 5.11 Å². The van der Waals surface area contributed by atoms with Gasteiger partial charge in [0.25, 0.3) is 5.69 Å². The zero-order chi connectivity index (χ0) is 14.4. The van der Waals surface area contributed by atoms with E-state index in [1.54, 1.807) is 6.07 Å². The normalized spacial score (nSPS) is 16.4. The van der Waals surface area contributed by atoms with Crippen LogP contribution in [0.2, 0.25) is 0 Å². The summed E-state index contributed by atoms with van der Waals surface area (Å²) in [6.45, 7) is 4.96. The molecule has 0 radical (unpaired) electrons. The van der Waals surface area contributed by atoms with E-state index in [1.165, 1.54) is 12.3 Å². The van der Waals surface area contributed by atoms with Gasteiger partial charge in [0.2, 0.25) is 0 Å². The number of hydrogen-bond acceptors (Lipinski definition) is 6. The summed E-state index contributed by atoms with van der Waals surface area (Å²) in [5.74, 6) is 0.797. The molecule has 7 nitrogen and oxygen atoms in total. The molecule has 1 aliphatic heterocycles. The van der Waals surface area contributed by atoms with Crippen molar-refractivity contribution in [1.82, 2.24) is 9.88 Å². The number of nitrogens with zero attached hydrogens (tertiary/aromatic N) is 4. The minimum atomic E-state index is -0.435. The second-order valence-electron chi connectivity index (χ2n) is 4.89. The van der Waals surface area contributed by atoms with Gasteiger partial charge < -0.3 is 10.0 Å². The second-order valence-corrected chi connectivity index (χ2v) is 4.89. The summed E-state index contributed by atoms with van der Waals surface area (Å²) in [6, 6.07) is 3.20. The van der Waals surface area contributed by atoms with E-state index >= 15 is 0 Å². The molecule has 1 N–H and O–H groups in total. The summed E-state index contributed by atoms with van der Waals surface area (Å²) in [5.41, 5.74) is 0.0244. The second kappa shape index (κ2) is 7.16. The Kier molecular flexibility index (Phi) is 5.25. The first-order valence-electron chi connectivity index (χ1n) is 6.89. The number of rotatable bonds is 6. The predicted octanol–water partition coefficient (Wildman–Crippen LogP) is 0.884. The molecule has 0 unspecified atom stereocenters. The van der Waals surface area contributed by atoms with E-state index in [0.29, 0.717) is 0 Å². The molecule has 1 saturated heterocycles. The lowest BCUT2D eigenvalue weighted by molar-refractivity contribution is -0.385. The fourth-order valence-electron chi connectivity index (χ4n) is 2.32. The fourth-order valence-corrected chi connectivity index (χ4v) is 2.32. The van der Waals surface area contributed by atoms with Crippen molar-refractivity contribution in [3.05, 3.63) is 28.4 Å². The highest BCUT2D eigenvalue weighted by atomic mass is 16.6. The topological polar surface area (TPSA) is 82.7 Å². The lowest BCUT2D eigenvalue weighted by Crippen LogP contribution is -2.46. The van der Waals surface area contributed by atoms with Crippen molar-refractivity contribution >= 4 is 11.5 Å². The molecule has 1 fully saturated rings. The van der Waals surface area contributed by atoms with Crippen molar-refractivity contribution in [2.45, 2.75) is 12.8 Å². The highest BCUT2D eigenvalue weighted by molar-refractivity contribution is 5.43. The molecule has 0 saturated carbocycles. The number of nitro groups is 1. The third-order valence-corrected chi connectivity index (χ3v) is 3.52. The lowest BCUT2D eigenvalue weighted by Gasteiger charge is -2.35. The Morgan fingerprint density at radius 1 is 1.25 bits per heavy atom. The third kappa shape index (κ3) is 3.88. The van der Waals surface area contributed by atoms with Crippen LogP contribution in [0, 0.1) is 10.1 Å². The number of piperazine rings is 1. The first kappa shape index (κ1) is 14.7. The van der Waals surface area contributed by atoms with Gasteiger partial charge in [0, 0.05) is 38.9 Å². The average Bonchev–Trinajstić information content (AvgIpc) is 2.48. The van der Waals surface area contributed by atoms with Crippen LogP contribution >= 0.6 is 0 Å². The summed E-state index contributed by atoms with van der Waals surface area (Å²) in [6.07, 6.45) is 3.18. The van der Waals surface area contributed by atoms with Gasteiger partial charge >= 0.3 is 0 Å². The number of unbranched alkanes of at least 4 members (excludes halogenated alkanes) is 1. The number of hydrogen-bond donors (Lipinski definition) is 1. The molecule has 0 aliphatic carbocycles. The van der Waals surface area contributed by atoms with Gasteiger partial charge in [-0.15, -0.1) is 0 Å². The molecule has 1 aromatic rings. The maximum Gasteiger partial charge on any atom is 0.287 e. The molecule has 110 valence electrons. The summed E-state index contributed by atoms with van der Waals surface area (Å²) >= 11 is 0. The van der Waals surface area contributed by atoms with Gasteiger partial charge in [-0.05, 0) is 25.5 Å². The van der Waals surface area contributed by atoms with Crippen LogP contribution in [0.25, 0.3) is 0 Å². The Balaban J connectivity index is 1.82. The number of aliphatic hydroxyl groups is 1. The van der Waals surface area contributed by atoms with Gasteiger partial charge in [-0.25, -0.2) is 4.98 Å². The summed E-state index contributed by atoms with van der Waals surface area (Å²) in [4.78, 5) is 18.8. The molecular weight excluding hydrogens is 260 g/mol. The molecule has 2 heterocycles. The maximum atomic E-state index is 10.6. The zero-order valence-electron chi connectivity index (χ0n) is 11.4. The van der Waals surface area contributed by atoms with Crippen LogP contribution in [0.3, 0.4) is 0 Å². The number of aliphatic hydroxyl groups excluding tert-OH is 1. The fraction of sp³-hybridized carbons (Fsp3) is 0.615. The van der Waals surface area contributed by atoms with E-state index in [-0.39, 0.29) is 12.3 Å². The molecule has 0 atom stereocenters. The maximum absolute atomic E-state index is 10.6. The molecule has 0 amide bonds. The van der Waals surface area contributed by atoms with Gasteiger partial charge in [0.05, 0.1) is 4.92 Å². The largest absolute Gasteiger partial charge is 0.396 e. The molecular formula is C13H20N4O3. The van der Waals surface area contributed by atoms with Crippen molar-refractivity contribution in [3.63, 3.8) is 0 Å². The number of aromatic nitrogens is 1. The summed E-state index contributed by atoms with van der Waals surface area (Å²) in [5, 5.41) is 19.3. The predicted molar refractivity (Wildman–Crippen MR) is 75.9 cm³/mol. The van der Waals surface area contributed by atoms with Gasteiger partial charge in [0.1, 0.15) is 12.0 Å². The molecule has 1 aromatic heterocycles. The van der Waals surface area contributed by atoms with Gasteiger partial charge in [-0.3, -0.25) is 15.0 Å². The molecule has 1 aliphatic rings. The Morgan fingerprint density at radius 2 is 2.00 bits per heavy atom. The first-order valence-corrected chi connectivity index (χ1v) is 6.89. The highest BCUT2D eigenvalue weighted by Crippen LogP contribution is 2.17. The van der Waals surface area contributed by atoms with Crippen molar-refractivity contribution in [3.8, 4) is 0 Å². The van der Waals surface area contributed by atoms with Crippen LogP contribution in [0.15, 0.2) is 18.3 Å². The summed E-state index contributed by atoms with van der Waals surface area (Å²) in [7, 11) is 0. The minimum absolute atomic E-state index is 0.0244. The van der Waals surface area contributed by atoms with Crippen LogP contribution in [-0.4, -0.2) is 59.2 Å². The number of pyridine rings is 1. The molecule has 7 heteroatoms. The Morgan fingerprint density at radius 3 is 2.55 bits per heavy atom. The molecule has 2 rings (SSSR count). The Bertz CT molecular complexity index is 430. The zero-order valence-corrected chi connectivity index (χ0v) is 11.4. The van der Waals surface area contributed by atoms with Crippen molar-refractivity contribution in [2.75, 3.05) is 44.2 Å². The average molecular weight is 280 g/mol. The summed E-state index contributed by atoms with van der Waals surface area (Å²) < 4.78 is 0. The smallest absolute Gasteiger partial charge is 0.287 e. The molecule has 0 spiro atoms. The first-order chi connectivity index (χ1) is 9.70. The standard InChI is InChI=1S/C13H20N4O3/c18-10-2-1-5-15-6-8-16(9-7-15)13-4-3-12(11-14-13)17(19)20/h3-4,11,18H,1-2,5-10H2.